The number of H-pyrrole nitrogens is 1. The molecule has 20 heavy (non-hydrogen) atoms. The number of aromatic amines is 1. The smallest absolute Gasteiger partial charge is 0.0830 e. The summed E-state index contributed by atoms with van der Waals surface area (Å²) in [6, 6.07) is 8.90. The molecule has 1 atom stereocenters. The molecule has 3 aromatic rings. The minimum Gasteiger partial charge on any atom is -0.361 e. The van der Waals surface area contributed by atoms with E-state index in [9.17, 15) is 0 Å². The highest BCUT2D eigenvalue weighted by atomic mass is 15.3. The van der Waals surface area contributed by atoms with E-state index in [1.807, 2.05) is 17.9 Å². The Hall–Kier alpha value is -2.07. The minimum absolute atomic E-state index is 0.335. The molecule has 1 aliphatic rings. The first-order valence-electron chi connectivity index (χ1n) is 7.11. The van der Waals surface area contributed by atoms with E-state index in [1.54, 1.807) is 0 Å². The van der Waals surface area contributed by atoms with Crippen molar-refractivity contribution in [3.63, 3.8) is 0 Å². The van der Waals surface area contributed by atoms with Gasteiger partial charge in [-0.05, 0) is 26.0 Å². The molecule has 0 fully saturated rings. The molecule has 4 heteroatoms. The maximum Gasteiger partial charge on any atom is 0.0830 e. The topological polar surface area (TPSA) is 45.6 Å². The largest absolute Gasteiger partial charge is 0.361 e. The number of rotatable bonds is 1. The van der Waals surface area contributed by atoms with Crippen LogP contribution in [-0.2, 0) is 13.5 Å². The van der Waals surface area contributed by atoms with Crippen LogP contribution >= 0.6 is 0 Å². The van der Waals surface area contributed by atoms with Crippen LogP contribution in [0.15, 0.2) is 30.5 Å². The summed E-state index contributed by atoms with van der Waals surface area (Å²) in [6.45, 7) is 3.21. The second-order valence-corrected chi connectivity index (χ2v) is 5.51. The lowest BCUT2D eigenvalue weighted by atomic mass is 9.96. The Bertz CT molecular complexity index is 781. The second-order valence-electron chi connectivity index (χ2n) is 5.51. The van der Waals surface area contributed by atoms with Crippen molar-refractivity contribution in [1.29, 1.82) is 0 Å². The van der Waals surface area contributed by atoms with Gasteiger partial charge in [-0.15, -0.1) is 0 Å². The predicted molar refractivity (Wildman–Crippen MR) is 80.6 cm³/mol. The Balaban J connectivity index is 2.01. The first-order chi connectivity index (χ1) is 9.75. The van der Waals surface area contributed by atoms with Gasteiger partial charge in [0.25, 0.3) is 0 Å². The molecule has 0 aliphatic carbocycles. The summed E-state index contributed by atoms with van der Waals surface area (Å²) < 4.78 is 2.03. The molecular weight excluding hydrogens is 248 g/mol. The molecule has 0 unspecified atom stereocenters. The van der Waals surface area contributed by atoms with E-state index < -0.39 is 0 Å². The van der Waals surface area contributed by atoms with Crippen LogP contribution in [0.5, 0.6) is 0 Å². The fourth-order valence-electron chi connectivity index (χ4n) is 3.31. The van der Waals surface area contributed by atoms with Crippen molar-refractivity contribution in [2.75, 3.05) is 6.54 Å². The van der Waals surface area contributed by atoms with Crippen LogP contribution in [-0.4, -0.2) is 21.3 Å². The van der Waals surface area contributed by atoms with E-state index in [0.29, 0.717) is 6.04 Å². The molecule has 4 nitrogen and oxygen atoms in total. The highest BCUT2D eigenvalue weighted by molar-refractivity contribution is 5.94. The zero-order valence-corrected chi connectivity index (χ0v) is 11.8. The lowest BCUT2D eigenvalue weighted by Gasteiger charge is -2.19. The summed E-state index contributed by atoms with van der Waals surface area (Å²) in [7, 11) is 2.04. The van der Waals surface area contributed by atoms with Gasteiger partial charge in [0.1, 0.15) is 0 Å². The fourth-order valence-corrected chi connectivity index (χ4v) is 3.31. The number of benzene rings is 1. The van der Waals surface area contributed by atoms with Crippen LogP contribution in [0.3, 0.4) is 0 Å². The van der Waals surface area contributed by atoms with E-state index >= 15 is 0 Å². The molecule has 1 aliphatic heterocycles. The monoisotopic (exact) mass is 266 g/mol. The zero-order chi connectivity index (χ0) is 13.7. The standard InChI is InChI=1S/C16H18N4/c1-10-14-13(7-9-17-10)16(20(2)19-14)12-5-3-4-11-6-8-18-15(11)12/h3-6,8,10,17-18H,7,9H2,1-2H3/t10-/m0/s1. The van der Waals surface area contributed by atoms with Gasteiger partial charge in [0.2, 0.25) is 0 Å². The second kappa shape index (κ2) is 4.21. The Morgan fingerprint density at radius 2 is 2.20 bits per heavy atom. The fraction of sp³-hybridized carbons (Fsp3) is 0.312. The van der Waals surface area contributed by atoms with Gasteiger partial charge in [-0.1, -0.05) is 18.2 Å². The van der Waals surface area contributed by atoms with Crippen molar-refractivity contribution in [2.45, 2.75) is 19.4 Å². The molecule has 0 spiro atoms. The van der Waals surface area contributed by atoms with Crippen molar-refractivity contribution in [1.82, 2.24) is 20.1 Å². The number of para-hydroxylation sites is 1. The van der Waals surface area contributed by atoms with Crippen molar-refractivity contribution in [3.05, 3.63) is 41.7 Å². The van der Waals surface area contributed by atoms with Gasteiger partial charge >= 0.3 is 0 Å². The molecule has 102 valence electrons. The van der Waals surface area contributed by atoms with Crippen molar-refractivity contribution < 1.29 is 0 Å². The first-order valence-corrected chi connectivity index (χ1v) is 7.11. The Labute approximate surface area is 117 Å². The van der Waals surface area contributed by atoms with Crippen LogP contribution in [0.4, 0.5) is 0 Å². The van der Waals surface area contributed by atoms with Crippen molar-refractivity contribution in [2.24, 2.45) is 7.05 Å². The Kier molecular flexibility index (Phi) is 2.47. The highest BCUT2D eigenvalue weighted by Crippen LogP contribution is 2.34. The van der Waals surface area contributed by atoms with Gasteiger partial charge < -0.3 is 10.3 Å². The molecule has 0 saturated carbocycles. The molecule has 0 bridgehead atoms. The van der Waals surface area contributed by atoms with Gasteiger partial charge in [-0.25, -0.2) is 0 Å². The highest BCUT2D eigenvalue weighted by Gasteiger charge is 2.25. The van der Waals surface area contributed by atoms with Gasteiger partial charge in [-0.3, -0.25) is 4.68 Å². The molecule has 0 radical (unpaired) electrons. The average molecular weight is 266 g/mol. The molecule has 0 saturated heterocycles. The van der Waals surface area contributed by atoms with Crippen LogP contribution in [0.25, 0.3) is 22.2 Å². The number of aryl methyl sites for hydroxylation is 1. The van der Waals surface area contributed by atoms with Crippen LogP contribution < -0.4 is 5.32 Å². The molecule has 0 amide bonds. The molecule has 2 N–H and O–H groups in total. The number of hydrogen-bond acceptors (Lipinski definition) is 2. The van der Waals surface area contributed by atoms with Gasteiger partial charge in [0, 0.05) is 35.8 Å². The van der Waals surface area contributed by atoms with Gasteiger partial charge in [0.15, 0.2) is 0 Å². The molecular formula is C16H18N4. The third-order valence-electron chi connectivity index (χ3n) is 4.25. The van der Waals surface area contributed by atoms with Crippen LogP contribution in [0, 0.1) is 0 Å². The van der Waals surface area contributed by atoms with Gasteiger partial charge in [0.05, 0.1) is 16.9 Å². The summed E-state index contributed by atoms with van der Waals surface area (Å²) in [5, 5.41) is 9.47. The zero-order valence-electron chi connectivity index (χ0n) is 11.8. The number of hydrogen-bond donors (Lipinski definition) is 2. The normalized spacial score (nSPS) is 18.4. The molecule has 1 aromatic carbocycles. The van der Waals surface area contributed by atoms with Crippen LogP contribution in [0.1, 0.15) is 24.2 Å². The summed E-state index contributed by atoms with van der Waals surface area (Å²) >= 11 is 0. The summed E-state index contributed by atoms with van der Waals surface area (Å²) in [4.78, 5) is 3.36. The van der Waals surface area contributed by atoms with E-state index in [1.165, 1.54) is 33.4 Å². The minimum atomic E-state index is 0.335. The lowest BCUT2D eigenvalue weighted by Crippen LogP contribution is -2.27. The van der Waals surface area contributed by atoms with Crippen molar-refractivity contribution >= 4 is 10.9 Å². The number of nitrogens with zero attached hydrogens (tertiary/aromatic N) is 2. The van der Waals surface area contributed by atoms with Crippen LogP contribution in [0.2, 0.25) is 0 Å². The number of fused-ring (bicyclic) bond motifs is 2. The molecule has 3 heterocycles. The summed E-state index contributed by atoms with van der Waals surface area (Å²) in [6.07, 6.45) is 3.04. The first kappa shape index (κ1) is 11.7. The number of aromatic nitrogens is 3. The van der Waals surface area contributed by atoms with Crippen molar-refractivity contribution in [3.8, 4) is 11.3 Å². The Morgan fingerprint density at radius 1 is 1.30 bits per heavy atom. The van der Waals surface area contributed by atoms with E-state index in [4.69, 9.17) is 5.10 Å². The maximum absolute atomic E-state index is 4.74. The van der Waals surface area contributed by atoms with E-state index in [0.717, 1.165) is 13.0 Å². The quantitative estimate of drug-likeness (QED) is 0.711. The Morgan fingerprint density at radius 3 is 3.10 bits per heavy atom. The number of nitrogens with one attached hydrogen (secondary N) is 2. The van der Waals surface area contributed by atoms with Gasteiger partial charge in [-0.2, -0.15) is 5.10 Å². The molecule has 2 aromatic heterocycles. The SMILES string of the molecule is C[C@@H]1NCCc2c1nn(C)c2-c1cccc2cc[nH]c12. The third kappa shape index (κ3) is 1.55. The third-order valence-corrected chi connectivity index (χ3v) is 4.25. The predicted octanol–water partition coefficient (Wildman–Crippen LogP) is 2.78. The average Bonchev–Trinajstić information content (AvgIpc) is 3.03. The summed E-state index contributed by atoms with van der Waals surface area (Å²) in [5.74, 6) is 0. The summed E-state index contributed by atoms with van der Waals surface area (Å²) in [5.41, 5.74) is 6.28. The maximum atomic E-state index is 4.74. The lowest BCUT2D eigenvalue weighted by molar-refractivity contribution is 0.525. The molecule has 4 rings (SSSR count). The van der Waals surface area contributed by atoms with E-state index in [2.05, 4.69) is 41.5 Å². The van der Waals surface area contributed by atoms with E-state index in [-0.39, 0.29) is 0 Å².